The van der Waals surface area contributed by atoms with Crippen LogP contribution in [0.1, 0.15) is 31.7 Å². The van der Waals surface area contributed by atoms with Crippen molar-refractivity contribution in [3.63, 3.8) is 0 Å². The lowest BCUT2D eigenvalue weighted by Crippen LogP contribution is -2.29. The number of rotatable bonds is 6. The van der Waals surface area contributed by atoms with Crippen molar-refractivity contribution in [2.24, 2.45) is 5.92 Å². The Kier molecular flexibility index (Phi) is 5.52. The summed E-state index contributed by atoms with van der Waals surface area (Å²) in [6.45, 7) is 3.66. The number of likely N-dealkylation sites (tertiary alicyclic amines) is 1. The van der Waals surface area contributed by atoms with Crippen molar-refractivity contribution in [3.8, 4) is 11.8 Å². The highest BCUT2D eigenvalue weighted by atomic mass is 16.6. The van der Waals surface area contributed by atoms with Gasteiger partial charge in [-0.1, -0.05) is 13.0 Å². The van der Waals surface area contributed by atoms with E-state index in [1.807, 2.05) is 17.9 Å². The van der Waals surface area contributed by atoms with Crippen LogP contribution in [0.3, 0.4) is 0 Å². The van der Waals surface area contributed by atoms with Crippen molar-refractivity contribution in [1.82, 2.24) is 4.90 Å². The molecule has 1 heterocycles. The molecule has 1 aliphatic heterocycles. The van der Waals surface area contributed by atoms with Crippen LogP contribution < -0.4 is 4.74 Å². The molecule has 0 N–H and O–H groups in total. The molecule has 1 amide bonds. The zero-order valence-corrected chi connectivity index (χ0v) is 13.0. The monoisotopic (exact) mass is 317 g/mol. The van der Waals surface area contributed by atoms with Crippen molar-refractivity contribution in [3.05, 3.63) is 33.9 Å². The van der Waals surface area contributed by atoms with Gasteiger partial charge < -0.3 is 9.64 Å². The maximum Gasteiger partial charge on any atom is 0.290 e. The van der Waals surface area contributed by atoms with E-state index in [-0.39, 0.29) is 28.8 Å². The standard InChI is InChI=1S/C16H19N3O4/c1-2-4-16(20)18-8-7-12(10-18)11-23-15-6-3-5-14(19(21)22)13(15)9-17/h3,5-6,12H,2,4,7-8,10-11H2,1H3. The van der Waals surface area contributed by atoms with Crippen molar-refractivity contribution >= 4 is 11.6 Å². The predicted molar refractivity (Wildman–Crippen MR) is 82.9 cm³/mol. The molecule has 1 aromatic rings. The number of nitro groups is 1. The van der Waals surface area contributed by atoms with Crippen LogP contribution in [0.4, 0.5) is 5.69 Å². The Morgan fingerprint density at radius 1 is 1.57 bits per heavy atom. The lowest BCUT2D eigenvalue weighted by molar-refractivity contribution is -0.385. The molecule has 7 nitrogen and oxygen atoms in total. The van der Waals surface area contributed by atoms with Crippen LogP contribution in [0, 0.1) is 27.4 Å². The highest BCUT2D eigenvalue weighted by Crippen LogP contribution is 2.28. The van der Waals surface area contributed by atoms with Crippen LogP contribution in [0.15, 0.2) is 18.2 Å². The molecule has 0 saturated carbocycles. The van der Waals surface area contributed by atoms with Gasteiger partial charge in [-0.2, -0.15) is 5.26 Å². The van der Waals surface area contributed by atoms with Gasteiger partial charge in [-0.05, 0) is 18.9 Å². The molecule has 122 valence electrons. The average Bonchev–Trinajstić information content (AvgIpc) is 3.01. The lowest BCUT2D eigenvalue weighted by atomic mass is 10.1. The number of hydrogen-bond acceptors (Lipinski definition) is 5. The van der Waals surface area contributed by atoms with Crippen LogP contribution in [0.2, 0.25) is 0 Å². The number of benzene rings is 1. The van der Waals surface area contributed by atoms with E-state index in [9.17, 15) is 14.9 Å². The number of amides is 1. The van der Waals surface area contributed by atoms with Gasteiger partial charge in [0.2, 0.25) is 5.91 Å². The first-order valence-electron chi connectivity index (χ1n) is 7.64. The predicted octanol–water partition coefficient (Wildman–Crippen LogP) is 2.49. The summed E-state index contributed by atoms with van der Waals surface area (Å²) >= 11 is 0. The Morgan fingerprint density at radius 2 is 2.35 bits per heavy atom. The maximum absolute atomic E-state index is 11.9. The van der Waals surface area contributed by atoms with Crippen molar-refractivity contribution < 1.29 is 14.5 Å². The first-order valence-corrected chi connectivity index (χ1v) is 7.64. The summed E-state index contributed by atoms with van der Waals surface area (Å²) in [6, 6.07) is 6.17. The van der Waals surface area contributed by atoms with E-state index < -0.39 is 4.92 Å². The van der Waals surface area contributed by atoms with E-state index in [0.29, 0.717) is 26.1 Å². The lowest BCUT2D eigenvalue weighted by Gasteiger charge is -2.16. The van der Waals surface area contributed by atoms with Crippen LogP contribution >= 0.6 is 0 Å². The number of carbonyl (C=O) groups is 1. The third-order valence-corrected chi connectivity index (χ3v) is 3.89. The van der Waals surface area contributed by atoms with Crippen LogP contribution in [-0.4, -0.2) is 35.4 Å². The minimum atomic E-state index is -0.591. The molecule has 1 aliphatic rings. The van der Waals surface area contributed by atoms with Crippen LogP contribution in [0.5, 0.6) is 5.75 Å². The van der Waals surface area contributed by atoms with E-state index in [1.54, 1.807) is 6.07 Å². The normalized spacial score (nSPS) is 16.9. The van der Waals surface area contributed by atoms with E-state index in [0.717, 1.165) is 12.8 Å². The summed E-state index contributed by atoms with van der Waals surface area (Å²) in [5, 5.41) is 20.1. The summed E-state index contributed by atoms with van der Waals surface area (Å²) in [7, 11) is 0. The minimum absolute atomic E-state index is 0.0607. The number of hydrogen-bond donors (Lipinski definition) is 0. The van der Waals surface area contributed by atoms with Gasteiger partial charge in [0.25, 0.3) is 5.69 Å². The molecule has 23 heavy (non-hydrogen) atoms. The number of nitrogens with zero attached hydrogens (tertiary/aromatic N) is 3. The molecule has 1 atom stereocenters. The molecule has 2 rings (SSSR count). The van der Waals surface area contributed by atoms with Crippen LogP contribution in [0.25, 0.3) is 0 Å². The smallest absolute Gasteiger partial charge is 0.290 e. The second-order valence-electron chi connectivity index (χ2n) is 5.57. The van der Waals surface area contributed by atoms with E-state index >= 15 is 0 Å². The summed E-state index contributed by atoms with van der Waals surface area (Å²) in [4.78, 5) is 24.0. The van der Waals surface area contributed by atoms with Crippen molar-refractivity contribution in [1.29, 1.82) is 5.26 Å². The van der Waals surface area contributed by atoms with Gasteiger partial charge in [-0.15, -0.1) is 0 Å². The average molecular weight is 317 g/mol. The number of nitro benzene ring substituents is 1. The van der Waals surface area contributed by atoms with Crippen molar-refractivity contribution in [2.45, 2.75) is 26.2 Å². The Labute approximate surface area is 134 Å². The Bertz CT molecular complexity index is 639. The summed E-state index contributed by atoms with van der Waals surface area (Å²) in [6.07, 6.45) is 2.22. The van der Waals surface area contributed by atoms with Gasteiger partial charge in [0.1, 0.15) is 11.8 Å². The molecule has 0 aliphatic carbocycles. The molecule has 0 aromatic heterocycles. The van der Waals surface area contributed by atoms with Gasteiger partial charge in [0.05, 0.1) is 11.5 Å². The zero-order chi connectivity index (χ0) is 16.8. The third kappa shape index (κ3) is 3.97. The first kappa shape index (κ1) is 16.7. The third-order valence-electron chi connectivity index (χ3n) is 3.89. The summed E-state index contributed by atoms with van der Waals surface area (Å²) in [5.41, 5.74) is -0.314. The zero-order valence-electron chi connectivity index (χ0n) is 13.0. The maximum atomic E-state index is 11.9. The number of nitriles is 1. The largest absolute Gasteiger partial charge is 0.492 e. The number of carbonyl (C=O) groups excluding carboxylic acids is 1. The summed E-state index contributed by atoms with van der Waals surface area (Å²) in [5.74, 6) is 0.560. The molecule has 1 unspecified atom stereocenters. The van der Waals surface area contributed by atoms with Gasteiger partial charge >= 0.3 is 0 Å². The molecule has 0 spiro atoms. The second-order valence-corrected chi connectivity index (χ2v) is 5.57. The van der Waals surface area contributed by atoms with E-state index in [4.69, 9.17) is 10.00 Å². The highest BCUT2D eigenvalue weighted by molar-refractivity contribution is 5.76. The quantitative estimate of drug-likeness (QED) is 0.593. The fraction of sp³-hybridized carbons (Fsp3) is 0.500. The molecule has 0 radical (unpaired) electrons. The molecule has 1 saturated heterocycles. The fourth-order valence-electron chi connectivity index (χ4n) is 2.68. The summed E-state index contributed by atoms with van der Waals surface area (Å²) < 4.78 is 5.63. The van der Waals surface area contributed by atoms with Gasteiger partial charge in [0, 0.05) is 31.5 Å². The molecule has 7 heteroatoms. The Balaban J connectivity index is 1.98. The van der Waals surface area contributed by atoms with Gasteiger partial charge in [0.15, 0.2) is 5.56 Å². The first-order chi connectivity index (χ1) is 11.1. The highest BCUT2D eigenvalue weighted by Gasteiger charge is 2.27. The Morgan fingerprint density at radius 3 is 3.00 bits per heavy atom. The molecule has 1 aromatic carbocycles. The number of ether oxygens (including phenoxy) is 1. The molecule has 0 bridgehead atoms. The topological polar surface area (TPSA) is 96.5 Å². The Hall–Kier alpha value is -2.62. The van der Waals surface area contributed by atoms with Gasteiger partial charge in [-0.3, -0.25) is 14.9 Å². The van der Waals surface area contributed by atoms with E-state index in [2.05, 4.69) is 0 Å². The van der Waals surface area contributed by atoms with Gasteiger partial charge in [-0.25, -0.2) is 0 Å². The minimum Gasteiger partial charge on any atom is -0.492 e. The van der Waals surface area contributed by atoms with Crippen LogP contribution in [-0.2, 0) is 4.79 Å². The molecular weight excluding hydrogens is 298 g/mol. The fourth-order valence-corrected chi connectivity index (χ4v) is 2.68. The SMILES string of the molecule is CCCC(=O)N1CCC(COc2cccc([N+](=O)[O-])c2C#N)C1. The molecule has 1 fully saturated rings. The molecular formula is C16H19N3O4. The van der Waals surface area contributed by atoms with E-state index in [1.165, 1.54) is 12.1 Å². The second kappa shape index (κ2) is 7.58. The van der Waals surface area contributed by atoms with Crippen molar-refractivity contribution in [2.75, 3.05) is 19.7 Å².